The third kappa shape index (κ3) is 4.50. The van der Waals surface area contributed by atoms with E-state index in [4.69, 9.17) is 9.47 Å². The SMILES string of the molecule is CCC(C)OC(=O)OCc1ccc(Nc2ccc(NC)c3c2C(=O)c2ccccc2C3=O)cc1. The van der Waals surface area contributed by atoms with Gasteiger partial charge in [0.2, 0.25) is 0 Å². The number of fused-ring (bicyclic) bond motifs is 2. The van der Waals surface area contributed by atoms with Crippen molar-refractivity contribution in [3.63, 3.8) is 0 Å². The van der Waals surface area contributed by atoms with Gasteiger partial charge in [-0.15, -0.1) is 0 Å². The standard InChI is InChI=1S/C27H26N2O5/c1-4-16(2)34-27(32)33-15-17-9-11-18(12-10-17)29-22-14-13-21(28-3)23-24(22)26(31)20-8-6-5-7-19(20)25(23)30/h5-14,16,28-29H,4,15H2,1-3H3. The molecule has 2 N–H and O–H groups in total. The molecule has 1 aliphatic rings. The minimum atomic E-state index is -0.698. The Balaban J connectivity index is 1.56. The zero-order valence-corrected chi connectivity index (χ0v) is 19.3. The van der Waals surface area contributed by atoms with Crippen molar-refractivity contribution in [2.24, 2.45) is 0 Å². The van der Waals surface area contributed by atoms with Crippen LogP contribution in [0.2, 0.25) is 0 Å². The molecule has 0 fully saturated rings. The van der Waals surface area contributed by atoms with Crippen LogP contribution in [0.5, 0.6) is 0 Å². The Labute approximate surface area is 198 Å². The number of nitrogens with one attached hydrogen (secondary N) is 2. The van der Waals surface area contributed by atoms with Crippen molar-refractivity contribution < 1.29 is 23.9 Å². The number of carbonyl (C=O) groups excluding carboxylic acids is 3. The fraction of sp³-hybridized carbons (Fsp3) is 0.222. The Morgan fingerprint density at radius 3 is 2.06 bits per heavy atom. The van der Waals surface area contributed by atoms with Crippen molar-refractivity contribution in [3.8, 4) is 0 Å². The normalized spacial score (nSPS) is 12.9. The van der Waals surface area contributed by atoms with E-state index >= 15 is 0 Å². The predicted octanol–water partition coefficient (Wildman–Crippen LogP) is 5.70. The topological polar surface area (TPSA) is 93.7 Å². The highest BCUT2D eigenvalue weighted by atomic mass is 16.7. The highest BCUT2D eigenvalue weighted by Gasteiger charge is 2.33. The monoisotopic (exact) mass is 458 g/mol. The van der Waals surface area contributed by atoms with Crippen molar-refractivity contribution >= 4 is 34.8 Å². The third-order valence-corrected chi connectivity index (χ3v) is 5.81. The second kappa shape index (κ2) is 9.79. The lowest BCUT2D eigenvalue weighted by molar-refractivity contribution is 0.0235. The van der Waals surface area contributed by atoms with E-state index in [2.05, 4.69) is 10.6 Å². The zero-order chi connectivity index (χ0) is 24.2. The van der Waals surface area contributed by atoms with E-state index in [1.165, 1.54) is 0 Å². The van der Waals surface area contributed by atoms with E-state index in [-0.39, 0.29) is 24.3 Å². The molecular weight excluding hydrogens is 432 g/mol. The summed E-state index contributed by atoms with van der Waals surface area (Å²) in [7, 11) is 1.72. The van der Waals surface area contributed by atoms with Crippen LogP contribution in [0.3, 0.4) is 0 Å². The first kappa shape index (κ1) is 23.0. The summed E-state index contributed by atoms with van der Waals surface area (Å²) in [5, 5.41) is 6.28. The maximum absolute atomic E-state index is 13.4. The van der Waals surface area contributed by atoms with Crippen molar-refractivity contribution in [1.82, 2.24) is 0 Å². The van der Waals surface area contributed by atoms with Gasteiger partial charge in [0.25, 0.3) is 0 Å². The van der Waals surface area contributed by atoms with Gasteiger partial charge in [0.15, 0.2) is 11.6 Å². The summed E-state index contributed by atoms with van der Waals surface area (Å²) >= 11 is 0. The molecule has 7 heteroatoms. The first-order valence-electron chi connectivity index (χ1n) is 11.2. The predicted molar refractivity (Wildman–Crippen MR) is 130 cm³/mol. The number of anilines is 3. The van der Waals surface area contributed by atoms with Crippen LogP contribution in [0.15, 0.2) is 60.7 Å². The fourth-order valence-corrected chi connectivity index (χ4v) is 3.80. The van der Waals surface area contributed by atoms with E-state index in [9.17, 15) is 14.4 Å². The molecule has 1 atom stereocenters. The summed E-state index contributed by atoms with van der Waals surface area (Å²) in [6.07, 6.45) is -0.175. The number of benzene rings is 3. The second-order valence-electron chi connectivity index (χ2n) is 8.06. The average molecular weight is 459 g/mol. The lowest BCUT2D eigenvalue weighted by Gasteiger charge is -2.23. The Hall–Kier alpha value is -4.13. The van der Waals surface area contributed by atoms with Gasteiger partial charge in [-0.25, -0.2) is 4.79 Å². The quantitative estimate of drug-likeness (QED) is 0.343. The maximum atomic E-state index is 13.4. The van der Waals surface area contributed by atoms with Crippen LogP contribution in [0.1, 0.15) is 57.7 Å². The molecule has 0 aliphatic heterocycles. The third-order valence-electron chi connectivity index (χ3n) is 5.81. The second-order valence-corrected chi connectivity index (χ2v) is 8.06. The summed E-state index contributed by atoms with van der Waals surface area (Å²) < 4.78 is 10.2. The summed E-state index contributed by atoms with van der Waals surface area (Å²) in [6.45, 7) is 3.82. The number of hydrogen-bond acceptors (Lipinski definition) is 7. The minimum absolute atomic E-state index is 0.0889. The Morgan fingerprint density at radius 2 is 1.47 bits per heavy atom. The molecule has 0 amide bonds. The molecule has 3 aromatic carbocycles. The lowest BCUT2D eigenvalue weighted by atomic mass is 9.82. The molecule has 0 bridgehead atoms. The molecule has 0 heterocycles. The van der Waals surface area contributed by atoms with Gasteiger partial charge in [0.05, 0.1) is 16.8 Å². The van der Waals surface area contributed by atoms with E-state index in [1.54, 1.807) is 50.4 Å². The molecule has 3 aromatic rings. The summed E-state index contributed by atoms with van der Waals surface area (Å²) in [5.74, 6) is -0.385. The molecule has 0 radical (unpaired) electrons. The van der Waals surface area contributed by atoms with Gasteiger partial charge in [-0.3, -0.25) is 9.59 Å². The number of hydrogen-bond donors (Lipinski definition) is 2. The van der Waals surface area contributed by atoms with E-state index in [0.717, 1.165) is 11.3 Å². The summed E-state index contributed by atoms with van der Waals surface area (Å²) in [6, 6.07) is 17.7. The van der Waals surface area contributed by atoms with Gasteiger partial charge in [-0.05, 0) is 43.2 Å². The largest absolute Gasteiger partial charge is 0.508 e. The first-order chi connectivity index (χ1) is 16.4. The molecule has 0 saturated carbocycles. The van der Waals surface area contributed by atoms with Crippen molar-refractivity contribution in [3.05, 3.63) is 88.5 Å². The Morgan fingerprint density at radius 1 is 0.882 bits per heavy atom. The maximum Gasteiger partial charge on any atom is 0.508 e. The van der Waals surface area contributed by atoms with Crippen LogP contribution < -0.4 is 10.6 Å². The van der Waals surface area contributed by atoms with Gasteiger partial charge in [-0.1, -0.05) is 43.3 Å². The zero-order valence-electron chi connectivity index (χ0n) is 19.3. The van der Waals surface area contributed by atoms with Crippen LogP contribution in [-0.2, 0) is 16.1 Å². The van der Waals surface area contributed by atoms with Gasteiger partial charge < -0.3 is 20.1 Å². The first-order valence-corrected chi connectivity index (χ1v) is 11.2. The molecule has 4 rings (SSSR count). The van der Waals surface area contributed by atoms with Crippen LogP contribution in [0.4, 0.5) is 21.9 Å². The van der Waals surface area contributed by atoms with Gasteiger partial charge in [0, 0.05) is 29.5 Å². The highest BCUT2D eigenvalue weighted by molar-refractivity contribution is 6.32. The van der Waals surface area contributed by atoms with Gasteiger partial charge >= 0.3 is 6.16 Å². The molecule has 34 heavy (non-hydrogen) atoms. The number of rotatable bonds is 7. The molecule has 0 spiro atoms. The van der Waals surface area contributed by atoms with E-state index in [0.29, 0.717) is 40.0 Å². The minimum Gasteiger partial charge on any atom is -0.431 e. The van der Waals surface area contributed by atoms with Crippen molar-refractivity contribution in [2.75, 3.05) is 17.7 Å². The van der Waals surface area contributed by atoms with Crippen LogP contribution in [-0.4, -0.2) is 30.9 Å². The molecule has 7 nitrogen and oxygen atoms in total. The van der Waals surface area contributed by atoms with E-state index < -0.39 is 6.16 Å². The smallest absolute Gasteiger partial charge is 0.431 e. The summed E-state index contributed by atoms with van der Waals surface area (Å²) in [4.78, 5) is 38.3. The van der Waals surface area contributed by atoms with Crippen LogP contribution >= 0.6 is 0 Å². The fourth-order valence-electron chi connectivity index (χ4n) is 3.80. The lowest BCUT2D eigenvalue weighted by Crippen LogP contribution is -2.23. The van der Waals surface area contributed by atoms with Crippen molar-refractivity contribution in [1.29, 1.82) is 0 Å². The Bertz CT molecular complexity index is 1250. The summed E-state index contributed by atoms with van der Waals surface area (Å²) in [5.41, 5.74) is 4.17. The highest BCUT2D eigenvalue weighted by Crippen LogP contribution is 2.37. The van der Waals surface area contributed by atoms with Crippen molar-refractivity contribution in [2.45, 2.75) is 33.0 Å². The molecule has 174 valence electrons. The molecule has 1 unspecified atom stereocenters. The van der Waals surface area contributed by atoms with Gasteiger partial charge in [0.1, 0.15) is 12.7 Å². The molecule has 0 aromatic heterocycles. The average Bonchev–Trinajstić information content (AvgIpc) is 2.86. The number of ether oxygens (including phenoxy) is 2. The molecule has 0 saturated heterocycles. The molecule has 1 aliphatic carbocycles. The Kier molecular flexibility index (Phi) is 6.63. The molecular formula is C27H26N2O5. The van der Waals surface area contributed by atoms with Gasteiger partial charge in [-0.2, -0.15) is 0 Å². The van der Waals surface area contributed by atoms with E-state index in [1.807, 2.05) is 31.2 Å². The van der Waals surface area contributed by atoms with Crippen LogP contribution in [0.25, 0.3) is 0 Å². The number of ketones is 2. The van der Waals surface area contributed by atoms with Crippen LogP contribution in [0, 0.1) is 0 Å². The number of carbonyl (C=O) groups is 3.